The number of rotatable bonds is 3. The van der Waals surface area contributed by atoms with Crippen LogP contribution in [0.5, 0.6) is 0 Å². The van der Waals surface area contributed by atoms with Crippen molar-refractivity contribution in [3.63, 3.8) is 0 Å². The first-order valence-corrected chi connectivity index (χ1v) is 6.76. The number of aromatic nitrogens is 1. The lowest BCUT2D eigenvalue weighted by atomic mass is 10.0. The molecule has 19 heavy (non-hydrogen) atoms. The summed E-state index contributed by atoms with van der Waals surface area (Å²) >= 11 is 0. The van der Waals surface area contributed by atoms with Crippen molar-refractivity contribution in [2.75, 3.05) is 11.9 Å². The molecule has 1 aromatic rings. The van der Waals surface area contributed by atoms with Gasteiger partial charge in [0.2, 0.25) is 5.91 Å². The second-order valence-corrected chi connectivity index (χ2v) is 5.10. The number of amides is 1. The highest BCUT2D eigenvalue weighted by Crippen LogP contribution is 2.18. The van der Waals surface area contributed by atoms with Gasteiger partial charge in [-0.05, 0) is 45.2 Å². The van der Waals surface area contributed by atoms with Gasteiger partial charge in [-0.1, -0.05) is 0 Å². The Morgan fingerprint density at radius 3 is 2.95 bits per heavy atom. The molecule has 2 rings (SSSR count). The maximum absolute atomic E-state index is 12.8. The van der Waals surface area contributed by atoms with Crippen LogP contribution in [0.15, 0.2) is 18.3 Å². The van der Waals surface area contributed by atoms with Crippen LogP contribution in [-0.4, -0.2) is 34.4 Å². The maximum atomic E-state index is 12.8. The molecule has 1 N–H and O–H groups in total. The van der Waals surface area contributed by atoms with Gasteiger partial charge in [0.1, 0.15) is 17.7 Å². The minimum atomic E-state index is -0.380. The third-order valence-corrected chi connectivity index (χ3v) is 3.55. The third kappa shape index (κ3) is 3.43. The third-order valence-electron chi connectivity index (χ3n) is 3.55. The van der Waals surface area contributed by atoms with Gasteiger partial charge in [-0.2, -0.15) is 0 Å². The monoisotopic (exact) mass is 265 g/mol. The lowest BCUT2D eigenvalue weighted by Gasteiger charge is -2.35. The van der Waals surface area contributed by atoms with E-state index >= 15 is 0 Å². The average molecular weight is 265 g/mol. The zero-order valence-electron chi connectivity index (χ0n) is 11.4. The van der Waals surface area contributed by atoms with E-state index in [4.69, 9.17) is 0 Å². The van der Waals surface area contributed by atoms with Gasteiger partial charge in [0.25, 0.3) is 0 Å². The van der Waals surface area contributed by atoms with Gasteiger partial charge in [0, 0.05) is 12.6 Å². The normalized spacial score (nSPS) is 21.0. The summed E-state index contributed by atoms with van der Waals surface area (Å²) in [5.74, 6) is 0.222. The predicted octanol–water partition coefficient (Wildman–Crippen LogP) is 2.42. The molecule has 4 nitrogen and oxygen atoms in total. The highest BCUT2D eigenvalue weighted by Gasteiger charge is 2.26. The first-order valence-electron chi connectivity index (χ1n) is 6.76. The standard InChI is InChI=1S/C14H20FN3O/c1-10-5-3-4-8-18(10)14(19)11(2)17-13-7-6-12(15)9-16-13/h6-7,9-11H,3-5,8H2,1-2H3,(H,16,17)/t10-,11-/m0/s1. The summed E-state index contributed by atoms with van der Waals surface area (Å²) in [4.78, 5) is 18.2. The lowest BCUT2D eigenvalue weighted by molar-refractivity contribution is -0.134. The van der Waals surface area contributed by atoms with E-state index < -0.39 is 0 Å². The van der Waals surface area contributed by atoms with Gasteiger partial charge in [0.05, 0.1) is 6.20 Å². The van der Waals surface area contributed by atoms with E-state index in [0.29, 0.717) is 11.9 Å². The van der Waals surface area contributed by atoms with E-state index in [1.807, 2.05) is 11.8 Å². The van der Waals surface area contributed by atoms with Gasteiger partial charge in [-0.15, -0.1) is 0 Å². The summed E-state index contributed by atoms with van der Waals surface area (Å²) < 4.78 is 12.8. The largest absolute Gasteiger partial charge is 0.359 e. The number of nitrogens with zero attached hydrogens (tertiary/aromatic N) is 2. The van der Waals surface area contributed by atoms with Crippen molar-refractivity contribution in [3.8, 4) is 0 Å². The van der Waals surface area contributed by atoms with E-state index in [1.165, 1.54) is 12.5 Å². The molecule has 0 bridgehead atoms. The minimum Gasteiger partial charge on any atom is -0.359 e. The molecule has 5 heteroatoms. The molecule has 0 unspecified atom stereocenters. The number of pyridine rings is 1. The fraction of sp³-hybridized carbons (Fsp3) is 0.571. The number of carbonyl (C=O) groups is 1. The van der Waals surface area contributed by atoms with Crippen LogP contribution in [0.2, 0.25) is 0 Å². The maximum Gasteiger partial charge on any atom is 0.245 e. The molecule has 1 saturated heterocycles. The summed E-state index contributed by atoms with van der Waals surface area (Å²) in [7, 11) is 0. The molecule has 0 aromatic carbocycles. The second kappa shape index (κ2) is 5.99. The molecule has 0 radical (unpaired) electrons. The first kappa shape index (κ1) is 13.8. The van der Waals surface area contributed by atoms with Crippen LogP contribution in [-0.2, 0) is 4.79 Å². The minimum absolute atomic E-state index is 0.0818. The molecule has 0 spiro atoms. The molecule has 1 aromatic heterocycles. The molecular formula is C14H20FN3O. The SMILES string of the molecule is C[C@H](Nc1ccc(F)cn1)C(=O)N1CCCC[C@@H]1C. The number of nitrogens with one attached hydrogen (secondary N) is 1. The molecule has 2 atom stereocenters. The number of hydrogen-bond donors (Lipinski definition) is 1. The number of hydrogen-bond acceptors (Lipinski definition) is 3. The Morgan fingerprint density at radius 2 is 2.32 bits per heavy atom. The predicted molar refractivity (Wildman–Crippen MR) is 72.3 cm³/mol. The van der Waals surface area contributed by atoms with E-state index in [1.54, 1.807) is 6.07 Å². The van der Waals surface area contributed by atoms with Gasteiger partial charge < -0.3 is 10.2 Å². The number of anilines is 1. The van der Waals surface area contributed by atoms with Crippen molar-refractivity contribution in [1.29, 1.82) is 0 Å². The Labute approximate surface area is 113 Å². The fourth-order valence-electron chi connectivity index (χ4n) is 2.42. The van der Waals surface area contributed by atoms with Crippen LogP contribution in [0.25, 0.3) is 0 Å². The smallest absolute Gasteiger partial charge is 0.245 e. The van der Waals surface area contributed by atoms with E-state index in [9.17, 15) is 9.18 Å². The molecule has 1 aliphatic heterocycles. The van der Waals surface area contributed by atoms with E-state index in [-0.39, 0.29) is 17.8 Å². The Bertz CT molecular complexity index is 435. The zero-order chi connectivity index (χ0) is 13.8. The van der Waals surface area contributed by atoms with Crippen LogP contribution in [0.1, 0.15) is 33.1 Å². The fourth-order valence-corrected chi connectivity index (χ4v) is 2.42. The molecule has 0 aliphatic carbocycles. The molecule has 1 fully saturated rings. The zero-order valence-corrected chi connectivity index (χ0v) is 11.4. The first-order chi connectivity index (χ1) is 9.08. The van der Waals surface area contributed by atoms with Crippen molar-refractivity contribution in [3.05, 3.63) is 24.1 Å². The van der Waals surface area contributed by atoms with Gasteiger partial charge in [-0.25, -0.2) is 9.37 Å². The molecule has 104 valence electrons. The summed E-state index contributed by atoms with van der Waals surface area (Å²) in [6.07, 6.45) is 4.46. The van der Waals surface area contributed by atoms with Gasteiger partial charge in [0.15, 0.2) is 0 Å². The van der Waals surface area contributed by atoms with Gasteiger partial charge in [-0.3, -0.25) is 4.79 Å². The van der Waals surface area contributed by atoms with Crippen LogP contribution >= 0.6 is 0 Å². The number of likely N-dealkylation sites (tertiary alicyclic amines) is 1. The van der Waals surface area contributed by atoms with Crippen molar-refractivity contribution in [1.82, 2.24) is 9.88 Å². The van der Waals surface area contributed by atoms with Crippen molar-refractivity contribution < 1.29 is 9.18 Å². The van der Waals surface area contributed by atoms with Gasteiger partial charge >= 0.3 is 0 Å². The second-order valence-electron chi connectivity index (χ2n) is 5.10. The summed E-state index contributed by atoms with van der Waals surface area (Å²) in [6.45, 7) is 4.72. The molecule has 1 aliphatic rings. The van der Waals surface area contributed by atoms with Crippen molar-refractivity contribution in [2.45, 2.75) is 45.2 Å². The molecule has 2 heterocycles. The lowest BCUT2D eigenvalue weighted by Crippen LogP contribution is -2.48. The highest BCUT2D eigenvalue weighted by molar-refractivity contribution is 5.84. The Hall–Kier alpha value is -1.65. The number of piperidine rings is 1. The quantitative estimate of drug-likeness (QED) is 0.913. The van der Waals surface area contributed by atoms with Crippen molar-refractivity contribution >= 4 is 11.7 Å². The molecule has 0 saturated carbocycles. The molecule has 1 amide bonds. The Morgan fingerprint density at radius 1 is 1.53 bits per heavy atom. The van der Waals surface area contributed by atoms with E-state index in [2.05, 4.69) is 17.2 Å². The summed E-state index contributed by atoms with van der Waals surface area (Å²) in [5, 5.41) is 3.02. The topological polar surface area (TPSA) is 45.2 Å². The van der Waals surface area contributed by atoms with Crippen LogP contribution in [0.3, 0.4) is 0 Å². The number of carbonyl (C=O) groups excluding carboxylic acids is 1. The van der Waals surface area contributed by atoms with Crippen LogP contribution in [0, 0.1) is 5.82 Å². The average Bonchev–Trinajstić information content (AvgIpc) is 2.41. The molecular weight excluding hydrogens is 245 g/mol. The Balaban J connectivity index is 1.96. The van der Waals surface area contributed by atoms with Crippen LogP contribution < -0.4 is 5.32 Å². The summed E-state index contributed by atoms with van der Waals surface area (Å²) in [6, 6.07) is 2.82. The van der Waals surface area contributed by atoms with Crippen LogP contribution in [0.4, 0.5) is 10.2 Å². The highest BCUT2D eigenvalue weighted by atomic mass is 19.1. The summed E-state index contributed by atoms with van der Waals surface area (Å²) in [5.41, 5.74) is 0. The Kier molecular flexibility index (Phi) is 4.35. The van der Waals surface area contributed by atoms with Crippen molar-refractivity contribution in [2.24, 2.45) is 0 Å². The number of halogens is 1. The van der Waals surface area contributed by atoms with E-state index in [0.717, 1.165) is 25.6 Å².